The average molecular weight is 229 g/mol. The molecule has 0 aromatic rings. The summed E-state index contributed by atoms with van der Waals surface area (Å²) >= 11 is 0. The molecule has 1 atom stereocenters. The number of nitrogens with one attached hydrogen (secondary N) is 2. The van der Waals surface area contributed by atoms with E-state index in [0.29, 0.717) is 6.42 Å². The Balaban J connectivity index is 3.60. The van der Waals surface area contributed by atoms with E-state index < -0.39 is 12.0 Å². The molecule has 0 bridgehead atoms. The van der Waals surface area contributed by atoms with E-state index in [2.05, 4.69) is 12.2 Å². The maximum atomic E-state index is 10.8. The Hall–Kier alpha value is -1.26. The first kappa shape index (κ1) is 14.7. The highest BCUT2D eigenvalue weighted by Gasteiger charge is 2.16. The SMILES string of the molecule is CCCCCCCCC(NC(=N)N)C(=O)O. The third-order valence-corrected chi connectivity index (χ3v) is 2.47. The minimum absolute atomic E-state index is 0.279. The van der Waals surface area contributed by atoms with Gasteiger partial charge in [-0.25, -0.2) is 4.79 Å². The minimum Gasteiger partial charge on any atom is -0.480 e. The fraction of sp³-hybridized carbons (Fsp3) is 0.818. The van der Waals surface area contributed by atoms with Crippen LogP contribution in [0.15, 0.2) is 0 Å². The van der Waals surface area contributed by atoms with E-state index in [1.807, 2.05) is 0 Å². The summed E-state index contributed by atoms with van der Waals surface area (Å²) in [6.07, 6.45) is 7.26. The predicted molar refractivity (Wildman–Crippen MR) is 64.5 cm³/mol. The lowest BCUT2D eigenvalue weighted by molar-refractivity contribution is -0.139. The number of guanidine groups is 1. The lowest BCUT2D eigenvalue weighted by Gasteiger charge is -2.13. The number of carboxylic acid groups (broad SMARTS) is 1. The Morgan fingerprint density at radius 1 is 1.31 bits per heavy atom. The van der Waals surface area contributed by atoms with Crippen molar-refractivity contribution in [1.29, 1.82) is 5.41 Å². The molecule has 0 heterocycles. The second-order valence-corrected chi connectivity index (χ2v) is 4.01. The van der Waals surface area contributed by atoms with Gasteiger partial charge in [-0.2, -0.15) is 0 Å². The summed E-state index contributed by atoms with van der Waals surface area (Å²) in [6, 6.07) is -0.719. The number of aliphatic carboxylic acids is 1. The molecule has 0 rings (SSSR count). The van der Waals surface area contributed by atoms with E-state index in [-0.39, 0.29) is 5.96 Å². The molecule has 5 heteroatoms. The van der Waals surface area contributed by atoms with Crippen LogP contribution in [-0.4, -0.2) is 23.1 Å². The molecule has 0 aliphatic carbocycles. The normalized spacial score (nSPS) is 12.1. The number of hydrogen-bond donors (Lipinski definition) is 4. The van der Waals surface area contributed by atoms with Gasteiger partial charge in [-0.3, -0.25) is 5.41 Å². The molecule has 0 spiro atoms. The van der Waals surface area contributed by atoms with Gasteiger partial charge in [-0.1, -0.05) is 45.4 Å². The summed E-state index contributed by atoms with van der Waals surface area (Å²) in [4.78, 5) is 10.8. The van der Waals surface area contributed by atoms with Gasteiger partial charge < -0.3 is 16.2 Å². The summed E-state index contributed by atoms with van der Waals surface area (Å²) in [5.41, 5.74) is 5.11. The van der Waals surface area contributed by atoms with Crippen LogP contribution in [-0.2, 0) is 4.79 Å². The van der Waals surface area contributed by atoms with Crippen molar-refractivity contribution in [3.05, 3.63) is 0 Å². The van der Waals surface area contributed by atoms with Crippen molar-refractivity contribution >= 4 is 11.9 Å². The zero-order chi connectivity index (χ0) is 12.4. The number of hydrogen-bond acceptors (Lipinski definition) is 2. The number of carbonyl (C=O) groups is 1. The number of carboxylic acids is 1. The second-order valence-electron chi connectivity index (χ2n) is 4.01. The van der Waals surface area contributed by atoms with Gasteiger partial charge in [-0.15, -0.1) is 0 Å². The molecule has 1 unspecified atom stereocenters. The molecule has 0 aromatic carbocycles. The van der Waals surface area contributed by atoms with Crippen LogP contribution in [0, 0.1) is 5.41 Å². The van der Waals surface area contributed by atoms with Crippen LogP contribution in [0.25, 0.3) is 0 Å². The van der Waals surface area contributed by atoms with E-state index in [4.69, 9.17) is 16.2 Å². The lowest BCUT2D eigenvalue weighted by Crippen LogP contribution is -2.43. The first-order valence-electron chi connectivity index (χ1n) is 5.91. The number of nitrogens with two attached hydrogens (primary N) is 1. The molecule has 0 aliphatic heterocycles. The zero-order valence-corrected chi connectivity index (χ0v) is 9.96. The maximum absolute atomic E-state index is 10.8. The molecule has 0 aliphatic rings. The molecule has 0 radical (unpaired) electrons. The van der Waals surface area contributed by atoms with Crippen LogP contribution < -0.4 is 11.1 Å². The minimum atomic E-state index is -0.941. The quantitative estimate of drug-likeness (QED) is 0.274. The summed E-state index contributed by atoms with van der Waals surface area (Å²) in [5, 5.41) is 18.3. The lowest BCUT2D eigenvalue weighted by atomic mass is 10.1. The van der Waals surface area contributed by atoms with E-state index in [0.717, 1.165) is 19.3 Å². The number of rotatable bonds is 9. The summed E-state index contributed by atoms with van der Waals surface area (Å²) in [6.45, 7) is 2.16. The van der Waals surface area contributed by atoms with Gasteiger partial charge in [0.1, 0.15) is 6.04 Å². The Kier molecular flexibility index (Phi) is 8.29. The van der Waals surface area contributed by atoms with Crippen molar-refractivity contribution in [1.82, 2.24) is 5.32 Å². The molecule has 0 amide bonds. The highest BCUT2D eigenvalue weighted by atomic mass is 16.4. The first-order valence-corrected chi connectivity index (χ1v) is 5.91. The van der Waals surface area contributed by atoms with E-state index in [1.54, 1.807) is 0 Å². The van der Waals surface area contributed by atoms with Gasteiger partial charge in [-0.05, 0) is 6.42 Å². The smallest absolute Gasteiger partial charge is 0.326 e. The van der Waals surface area contributed by atoms with E-state index in [9.17, 15) is 4.79 Å². The van der Waals surface area contributed by atoms with Crippen molar-refractivity contribution in [2.45, 2.75) is 57.9 Å². The molecule has 0 saturated heterocycles. The third-order valence-electron chi connectivity index (χ3n) is 2.47. The summed E-state index contributed by atoms with van der Waals surface area (Å²) in [7, 11) is 0. The molecular formula is C11H23N3O2. The van der Waals surface area contributed by atoms with Crippen LogP contribution in [0.3, 0.4) is 0 Å². The molecule has 94 valence electrons. The zero-order valence-electron chi connectivity index (χ0n) is 9.96. The van der Waals surface area contributed by atoms with Gasteiger partial charge >= 0.3 is 5.97 Å². The first-order chi connectivity index (χ1) is 7.57. The van der Waals surface area contributed by atoms with Gasteiger partial charge in [0.2, 0.25) is 0 Å². The van der Waals surface area contributed by atoms with Gasteiger partial charge in [0.15, 0.2) is 5.96 Å². The summed E-state index contributed by atoms with van der Waals surface area (Å²) < 4.78 is 0. The highest BCUT2D eigenvalue weighted by Crippen LogP contribution is 2.08. The van der Waals surface area contributed by atoms with Crippen molar-refractivity contribution in [3.63, 3.8) is 0 Å². The monoisotopic (exact) mass is 229 g/mol. The molecular weight excluding hydrogens is 206 g/mol. The average Bonchev–Trinajstić information content (AvgIpc) is 2.20. The standard InChI is InChI=1S/C11H23N3O2/c1-2-3-4-5-6-7-8-9(10(15)16)14-11(12)13/h9H,2-8H2,1H3,(H,15,16)(H4,12,13,14). The molecule has 0 saturated carbocycles. The van der Waals surface area contributed by atoms with Crippen LogP contribution in [0.4, 0.5) is 0 Å². The molecule has 5 N–H and O–H groups in total. The van der Waals surface area contributed by atoms with Crippen molar-refractivity contribution in [2.75, 3.05) is 0 Å². The molecule has 0 fully saturated rings. The Labute approximate surface area is 96.9 Å². The second kappa shape index (κ2) is 9.00. The molecule has 0 aromatic heterocycles. The van der Waals surface area contributed by atoms with Crippen molar-refractivity contribution in [2.24, 2.45) is 5.73 Å². The maximum Gasteiger partial charge on any atom is 0.326 e. The fourth-order valence-corrected chi connectivity index (χ4v) is 1.57. The molecule has 5 nitrogen and oxygen atoms in total. The predicted octanol–water partition coefficient (Wildman–Crippen LogP) is 1.67. The summed E-state index contributed by atoms with van der Waals surface area (Å²) in [5.74, 6) is -1.22. The Morgan fingerprint density at radius 3 is 2.38 bits per heavy atom. The van der Waals surface area contributed by atoms with Gasteiger partial charge in [0, 0.05) is 0 Å². The van der Waals surface area contributed by atoms with Gasteiger partial charge in [0.25, 0.3) is 0 Å². The number of unbranched alkanes of at least 4 members (excludes halogenated alkanes) is 5. The Morgan fingerprint density at radius 2 is 1.88 bits per heavy atom. The van der Waals surface area contributed by atoms with E-state index in [1.165, 1.54) is 19.3 Å². The van der Waals surface area contributed by atoms with Crippen molar-refractivity contribution < 1.29 is 9.90 Å². The van der Waals surface area contributed by atoms with Crippen LogP contribution >= 0.6 is 0 Å². The third kappa shape index (κ3) is 8.08. The van der Waals surface area contributed by atoms with Gasteiger partial charge in [0.05, 0.1) is 0 Å². The topological polar surface area (TPSA) is 99.2 Å². The van der Waals surface area contributed by atoms with Crippen LogP contribution in [0.5, 0.6) is 0 Å². The highest BCUT2D eigenvalue weighted by molar-refractivity contribution is 5.82. The Bertz CT molecular complexity index is 219. The largest absolute Gasteiger partial charge is 0.480 e. The van der Waals surface area contributed by atoms with Crippen molar-refractivity contribution in [3.8, 4) is 0 Å². The van der Waals surface area contributed by atoms with E-state index >= 15 is 0 Å². The fourth-order valence-electron chi connectivity index (χ4n) is 1.57. The molecule has 16 heavy (non-hydrogen) atoms. The van der Waals surface area contributed by atoms with Crippen LogP contribution in [0.2, 0.25) is 0 Å². The van der Waals surface area contributed by atoms with Crippen LogP contribution in [0.1, 0.15) is 51.9 Å².